The molecule has 2 atom stereocenters. The van der Waals surface area contributed by atoms with Crippen molar-refractivity contribution in [1.29, 1.82) is 0 Å². The molecule has 1 fully saturated rings. The van der Waals surface area contributed by atoms with Crippen molar-refractivity contribution in [3.63, 3.8) is 0 Å². The van der Waals surface area contributed by atoms with E-state index in [9.17, 15) is 0 Å². The van der Waals surface area contributed by atoms with E-state index in [1.54, 1.807) is 0 Å². The molecule has 1 aliphatic heterocycles. The molecule has 2 unspecified atom stereocenters. The Morgan fingerprint density at radius 1 is 1.25 bits per heavy atom. The van der Waals surface area contributed by atoms with Gasteiger partial charge in [0.2, 0.25) is 0 Å². The van der Waals surface area contributed by atoms with Crippen molar-refractivity contribution >= 4 is 20.1 Å². The molecule has 3 nitrogen and oxygen atoms in total. The Bertz CT molecular complexity index is 434. The van der Waals surface area contributed by atoms with Gasteiger partial charge in [0.1, 0.15) is 0 Å². The van der Waals surface area contributed by atoms with Gasteiger partial charge in [-0.25, -0.2) is 4.67 Å². The van der Waals surface area contributed by atoms with E-state index in [4.69, 9.17) is 20.6 Å². The maximum atomic E-state index is 6.22. The standard InChI is InChI=1S/C15H23ClNO2P/c1-11(2)17(12(3)4)20-18-9-8-15(19-20)13-6-5-7-14(16)10-13/h5-7,10-12,15H,8-9H2,1-4H3. The van der Waals surface area contributed by atoms with Crippen LogP contribution in [0.3, 0.4) is 0 Å². The average molecular weight is 316 g/mol. The Morgan fingerprint density at radius 2 is 1.95 bits per heavy atom. The highest BCUT2D eigenvalue weighted by Crippen LogP contribution is 2.53. The van der Waals surface area contributed by atoms with Gasteiger partial charge in [0.15, 0.2) is 0 Å². The second-order valence-corrected chi connectivity index (χ2v) is 7.42. The molecule has 0 saturated carbocycles. The van der Waals surface area contributed by atoms with Gasteiger partial charge in [0, 0.05) is 23.5 Å². The van der Waals surface area contributed by atoms with E-state index in [1.165, 1.54) is 0 Å². The number of rotatable bonds is 4. The third kappa shape index (κ3) is 3.93. The second-order valence-electron chi connectivity index (χ2n) is 5.58. The topological polar surface area (TPSA) is 21.7 Å². The Hall–Kier alpha value is -0.180. The predicted molar refractivity (Wildman–Crippen MR) is 84.9 cm³/mol. The zero-order chi connectivity index (χ0) is 14.7. The molecule has 1 aromatic carbocycles. The average Bonchev–Trinajstić information content (AvgIpc) is 2.38. The van der Waals surface area contributed by atoms with Gasteiger partial charge in [0.05, 0.1) is 12.7 Å². The van der Waals surface area contributed by atoms with Crippen LogP contribution in [0.5, 0.6) is 0 Å². The fourth-order valence-corrected chi connectivity index (χ4v) is 4.42. The molecular weight excluding hydrogens is 293 g/mol. The Morgan fingerprint density at radius 3 is 2.55 bits per heavy atom. The molecule has 1 aliphatic rings. The maximum Gasteiger partial charge on any atom is 0.259 e. The summed E-state index contributed by atoms with van der Waals surface area (Å²) >= 11 is 6.07. The molecule has 0 amide bonds. The lowest BCUT2D eigenvalue weighted by molar-refractivity contribution is 0.0737. The van der Waals surface area contributed by atoms with E-state index in [1.807, 2.05) is 18.2 Å². The van der Waals surface area contributed by atoms with Gasteiger partial charge in [0.25, 0.3) is 8.53 Å². The summed E-state index contributed by atoms with van der Waals surface area (Å²) in [6.45, 7) is 9.45. The lowest BCUT2D eigenvalue weighted by Crippen LogP contribution is -2.35. The summed E-state index contributed by atoms with van der Waals surface area (Å²) in [5.74, 6) is 0. The minimum Gasteiger partial charge on any atom is -0.322 e. The van der Waals surface area contributed by atoms with Crippen LogP contribution < -0.4 is 0 Å². The predicted octanol–water partition coefficient (Wildman–Crippen LogP) is 5.16. The van der Waals surface area contributed by atoms with Crippen molar-refractivity contribution in [2.45, 2.75) is 52.3 Å². The van der Waals surface area contributed by atoms with Crippen molar-refractivity contribution in [1.82, 2.24) is 4.67 Å². The van der Waals surface area contributed by atoms with Gasteiger partial charge >= 0.3 is 0 Å². The van der Waals surface area contributed by atoms with Crippen LogP contribution in [0.4, 0.5) is 0 Å². The normalized spacial score (nSPS) is 23.8. The first-order valence-corrected chi connectivity index (χ1v) is 8.63. The minimum atomic E-state index is -0.996. The Balaban J connectivity index is 2.12. The molecule has 5 heteroatoms. The molecular formula is C15H23ClNO2P. The van der Waals surface area contributed by atoms with E-state index in [0.717, 1.165) is 23.6 Å². The first kappa shape index (κ1) is 16.2. The van der Waals surface area contributed by atoms with Gasteiger partial charge < -0.3 is 9.05 Å². The van der Waals surface area contributed by atoms with Crippen LogP contribution in [0.25, 0.3) is 0 Å². The summed E-state index contributed by atoms with van der Waals surface area (Å²) in [6.07, 6.45) is 0.956. The van der Waals surface area contributed by atoms with Crippen molar-refractivity contribution < 1.29 is 9.05 Å². The number of hydrogen-bond donors (Lipinski definition) is 0. The molecule has 2 rings (SSSR count). The zero-order valence-corrected chi connectivity index (χ0v) is 14.2. The maximum absolute atomic E-state index is 6.22. The van der Waals surface area contributed by atoms with Gasteiger partial charge in [-0.15, -0.1) is 0 Å². The van der Waals surface area contributed by atoms with Crippen LogP contribution in [0.15, 0.2) is 24.3 Å². The summed E-state index contributed by atoms with van der Waals surface area (Å²) in [5, 5.41) is 0.756. The summed E-state index contributed by atoms with van der Waals surface area (Å²) in [7, 11) is -0.996. The fraction of sp³-hybridized carbons (Fsp3) is 0.600. The molecule has 1 saturated heterocycles. The molecule has 0 bridgehead atoms. The monoisotopic (exact) mass is 315 g/mol. The molecule has 0 aliphatic carbocycles. The molecule has 0 aromatic heterocycles. The lowest BCUT2D eigenvalue weighted by atomic mass is 10.1. The van der Waals surface area contributed by atoms with Gasteiger partial charge in [-0.1, -0.05) is 23.7 Å². The van der Waals surface area contributed by atoms with Crippen LogP contribution in [-0.2, 0) is 9.05 Å². The van der Waals surface area contributed by atoms with Crippen molar-refractivity contribution in [3.05, 3.63) is 34.9 Å². The molecule has 20 heavy (non-hydrogen) atoms. The quantitative estimate of drug-likeness (QED) is 0.716. The second kappa shape index (κ2) is 7.20. The summed E-state index contributed by atoms with van der Waals surface area (Å²) in [6, 6.07) is 8.73. The Labute approximate surface area is 128 Å². The lowest BCUT2D eigenvalue weighted by Gasteiger charge is -2.40. The zero-order valence-electron chi connectivity index (χ0n) is 12.5. The van der Waals surface area contributed by atoms with E-state index in [-0.39, 0.29) is 6.10 Å². The molecule has 0 spiro atoms. The van der Waals surface area contributed by atoms with E-state index in [2.05, 4.69) is 38.4 Å². The van der Waals surface area contributed by atoms with Crippen molar-refractivity contribution in [2.24, 2.45) is 0 Å². The van der Waals surface area contributed by atoms with Gasteiger partial charge in [-0.05, 0) is 45.4 Å². The summed E-state index contributed by atoms with van der Waals surface area (Å²) < 4.78 is 14.4. The first-order valence-electron chi connectivity index (χ1n) is 7.12. The van der Waals surface area contributed by atoms with Crippen LogP contribution in [0.1, 0.15) is 45.8 Å². The third-order valence-corrected chi connectivity index (χ3v) is 5.64. The number of nitrogens with zero attached hydrogens (tertiary/aromatic N) is 1. The van der Waals surface area contributed by atoms with Crippen molar-refractivity contribution in [2.75, 3.05) is 6.61 Å². The first-order chi connectivity index (χ1) is 9.49. The summed E-state index contributed by atoms with van der Waals surface area (Å²) in [5.41, 5.74) is 1.14. The van der Waals surface area contributed by atoms with Crippen LogP contribution in [0, 0.1) is 0 Å². The van der Waals surface area contributed by atoms with E-state index >= 15 is 0 Å². The summed E-state index contributed by atoms with van der Waals surface area (Å²) in [4.78, 5) is 0. The molecule has 1 aromatic rings. The van der Waals surface area contributed by atoms with Crippen molar-refractivity contribution in [3.8, 4) is 0 Å². The van der Waals surface area contributed by atoms with Crippen LogP contribution in [0.2, 0.25) is 5.02 Å². The number of halogens is 1. The number of benzene rings is 1. The minimum absolute atomic E-state index is 0.0774. The third-order valence-electron chi connectivity index (χ3n) is 3.27. The van der Waals surface area contributed by atoms with Gasteiger partial charge in [-0.3, -0.25) is 0 Å². The van der Waals surface area contributed by atoms with E-state index < -0.39 is 8.53 Å². The van der Waals surface area contributed by atoms with E-state index in [0.29, 0.717) is 12.1 Å². The highest BCUT2D eigenvalue weighted by molar-refractivity contribution is 7.44. The SMILES string of the molecule is CC(C)N(C(C)C)P1OCCC(c2cccc(Cl)c2)O1. The molecule has 0 N–H and O–H groups in total. The largest absolute Gasteiger partial charge is 0.322 e. The Kier molecular flexibility index (Phi) is 5.83. The molecule has 112 valence electrons. The highest BCUT2D eigenvalue weighted by Gasteiger charge is 2.33. The van der Waals surface area contributed by atoms with Gasteiger partial charge in [-0.2, -0.15) is 0 Å². The highest BCUT2D eigenvalue weighted by atomic mass is 35.5. The van der Waals surface area contributed by atoms with Crippen LogP contribution in [-0.4, -0.2) is 23.4 Å². The van der Waals surface area contributed by atoms with Crippen LogP contribution >= 0.6 is 20.1 Å². The molecule has 1 heterocycles. The smallest absolute Gasteiger partial charge is 0.259 e. The fourth-order valence-electron chi connectivity index (χ4n) is 2.46. The molecule has 0 radical (unpaired) electrons. The number of hydrogen-bond acceptors (Lipinski definition) is 3.